The van der Waals surface area contributed by atoms with Crippen molar-refractivity contribution in [2.24, 2.45) is 0 Å². The quantitative estimate of drug-likeness (QED) is 0.859. The van der Waals surface area contributed by atoms with Gasteiger partial charge in [-0.1, -0.05) is 11.6 Å². The molecule has 0 bridgehead atoms. The fourth-order valence-electron chi connectivity index (χ4n) is 2.28. The van der Waals surface area contributed by atoms with E-state index in [4.69, 9.17) is 11.6 Å². The zero-order valence-corrected chi connectivity index (χ0v) is 12.7. The van der Waals surface area contributed by atoms with Crippen LogP contribution in [-0.4, -0.2) is 60.5 Å². The van der Waals surface area contributed by atoms with Crippen molar-refractivity contribution in [3.63, 3.8) is 0 Å². The summed E-state index contributed by atoms with van der Waals surface area (Å²) in [6.07, 6.45) is 3.70. The Balaban J connectivity index is 1.80. The van der Waals surface area contributed by atoms with E-state index >= 15 is 0 Å². The molecule has 0 radical (unpaired) electrons. The first-order valence-electron chi connectivity index (χ1n) is 6.86. The largest absolute Gasteiger partial charge is 0.380 e. The number of anilines is 1. The number of aromatic nitrogens is 1. The molecule has 1 N–H and O–H groups in total. The Morgan fingerprint density at radius 2 is 2.20 bits per heavy atom. The van der Waals surface area contributed by atoms with E-state index in [1.807, 2.05) is 12.1 Å². The van der Waals surface area contributed by atoms with Gasteiger partial charge in [0.25, 0.3) is 0 Å². The van der Waals surface area contributed by atoms with E-state index in [1.165, 1.54) is 0 Å². The zero-order chi connectivity index (χ0) is 14.5. The molecule has 6 heteroatoms. The van der Waals surface area contributed by atoms with Crippen molar-refractivity contribution in [3.05, 3.63) is 23.5 Å². The molecule has 1 aliphatic heterocycles. The number of likely N-dealkylation sites (tertiary alicyclic amines) is 1. The lowest BCUT2D eigenvalue weighted by atomic mass is 10.0. The van der Waals surface area contributed by atoms with Crippen LogP contribution in [0.5, 0.6) is 0 Å². The first-order chi connectivity index (χ1) is 9.56. The van der Waals surface area contributed by atoms with Gasteiger partial charge < -0.3 is 10.2 Å². The van der Waals surface area contributed by atoms with Crippen LogP contribution in [0.15, 0.2) is 18.3 Å². The number of carbonyl (C=O) groups excluding carboxylic acids is 1. The highest BCUT2D eigenvalue weighted by molar-refractivity contribution is 6.31. The third kappa shape index (κ3) is 4.08. The van der Waals surface area contributed by atoms with Crippen LogP contribution in [0.4, 0.5) is 5.69 Å². The number of rotatable bonds is 4. The van der Waals surface area contributed by atoms with Gasteiger partial charge in [-0.25, -0.2) is 4.98 Å². The molecule has 0 atom stereocenters. The summed E-state index contributed by atoms with van der Waals surface area (Å²) in [4.78, 5) is 19.6. The molecule has 0 aromatic carbocycles. The van der Waals surface area contributed by atoms with Crippen LogP contribution >= 0.6 is 11.6 Å². The molecule has 0 unspecified atom stereocenters. The van der Waals surface area contributed by atoms with Gasteiger partial charge >= 0.3 is 0 Å². The molecule has 2 heterocycles. The highest BCUT2D eigenvalue weighted by atomic mass is 35.5. The molecule has 1 aromatic heterocycles. The minimum Gasteiger partial charge on any atom is -0.380 e. The van der Waals surface area contributed by atoms with E-state index in [-0.39, 0.29) is 5.91 Å². The van der Waals surface area contributed by atoms with E-state index in [9.17, 15) is 4.79 Å². The number of nitrogens with one attached hydrogen (secondary N) is 1. The molecule has 2 rings (SSSR count). The van der Waals surface area contributed by atoms with E-state index in [1.54, 1.807) is 25.2 Å². The van der Waals surface area contributed by atoms with Crippen molar-refractivity contribution in [1.29, 1.82) is 0 Å². The normalized spacial score (nSPS) is 16.9. The summed E-state index contributed by atoms with van der Waals surface area (Å²) >= 11 is 6.04. The molecule has 1 aliphatic rings. The average molecular weight is 297 g/mol. The molecule has 5 nitrogen and oxygen atoms in total. The molecule has 1 aromatic rings. The number of halogens is 1. The molecule has 0 aliphatic carbocycles. The van der Waals surface area contributed by atoms with Crippen molar-refractivity contribution >= 4 is 23.2 Å². The second-order valence-corrected chi connectivity index (χ2v) is 5.68. The number of hydrogen-bond acceptors (Lipinski definition) is 4. The van der Waals surface area contributed by atoms with Crippen LogP contribution in [0.1, 0.15) is 12.8 Å². The van der Waals surface area contributed by atoms with Gasteiger partial charge in [-0.2, -0.15) is 0 Å². The Kier molecular flexibility index (Phi) is 5.20. The monoisotopic (exact) mass is 296 g/mol. The van der Waals surface area contributed by atoms with Crippen LogP contribution in [0.25, 0.3) is 0 Å². The van der Waals surface area contributed by atoms with Crippen LogP contribution in [0, 0.1) is 0 Å². The molecule has 0 saturated carbocycles. The highest BCUT2D eigenvalue weighted by Crippen LogP contribution is 2.21. The summed E-state index contributed by atoms with van der Waals surface area (Å²) in [5, 5.41) is 3.94. The summed E-state index contributed by atoms with van der Waals surface area (Å²) < 4.78 is 0. The molecular formula is C14H21ClN4O. The van der Waals surface area contributed by atoms with Crippen LogP contribution in [-0.2, 0) is 4.79 Å². The van der Waals surface area contributed by atoms with Crippen molar-refractivity contribution in [1.82, 2.24) is 14.8 Å². The summed E-state index contributed by atoms with van der Waals surface area (Å²) in [5.41, 5.74) is 0.886. The SMILES string of the molecule is CN(C)C(=O)CN1CCC(Nc2cccnc2Cl)CC1. The standard InChI is InChI=1S/C14H21ClN4O/c1-18(2)13(20)10-19-8-5-11(6-9-19)17-12-4-3-7-16-14(12)15/h3-4,7,11,17H,5-6,8-10H2,1-2H3. The van der Waals surface area contributed by atoms with Gasteiger partial charge in [0.05, 0.1) is 12.2 Å². The molecule has 20 heavy (non-hydrogen) atoms. The topological polar surface area (TPSA) is 48.5 Å². The lowest BCUT2D eigenvalue weighted by Crippen LogP contribution is -2.43. The van der Waals surface area contributed by atoms with Gasteiger partial charge in [-0.05, 0) is 25.0 Å². The zero-order valence-electron chi connectivity index (χ0n) is 12.0. The highest BCUT2D eigenvalue weighted by Gasteiger charge is 2.21. The van der Waals surface area contributed by atoms with Crippen molar-refractivity contribution < 1.29 is 4.79 Å². The predicted octanol–water partition coefficient (Wildman–Crippen LogP) is 1.70. The number of amides is 1. The summed E-state index contributed by atoms with van der Waals surface area (Å²) in [5.74, 6) is 0.159. The Bertz CT molecular complexity index is 458. The molecule has 0 spiro atoms. The van der Waals surface area contributed by atoms with Gasteiger partial charge in [0.15, 0.2) is 5.15 Å². The molecular weight excluding hydrogens is 276 g/mol. The average Bonchev–Trinajstić information content (AvgIpc) is 2.43. The van der Waals surface area contributed by atoms with Gasteiger partial charge in [0, 0.05) is 39.4 Å². The van der Waals surface area contributed by atoms with E-state index in [0.29, 0.717) is 17.7 Å². The minimum atomic E-state index is 0.159. The molecule has 1 fully saturated rings. The second-order valence-electron chi connectivity index (χ2n) is 5.32. The maximum Gasteiger partial charge on any atom is 0.236 e. The van der Waals surface area contributed by atoms with Gasteiger partial charge in [0.2, 0.25) is 5.91 Å². The molecule has 1 saturated heterocycles. The smallest absolute Gasteiger partial charge is 0.236 e. The maximum absolute atomic E-state index is 11.7. The van der Waals surface area contributed by atoms with Crippen LogP contribution in [0.3, 0.4) is 0 Å². The van der Waals surface area contributed by atoms with Gasteiger partial charge in [-0.3, -0.25) is 9.69 Å². The van der Waals surface area contributed by atoms with Crippen LogP contribution in [0.2, 0.25) is 5.15 Å². The summed E-state index contributed by atoms with van der Waals surface area (Å²) in [7, 11) is 3.59. The van der Waals surface area contributed by atoms with Crippen molar-refractivity contribution in [2.75, 3.05) is 39.0 Å². The van der Waals surface area contributed by atoms with Crippen molar-refractivity contribution in [3.8, 4) is 0 Å². The van der Waals surface area contributed by atoms with Gasteiger partial charge in [0.1, 0.15) is 0 Å². The fraction of sp³-hybridized carbons (Fsp3) is 0.571. The van der Waals surface area contributed by atoms with E-state index in [2.05, 4.69) is 15.2 Å². The first-order valence-corrected chi connectivity index (χ1v) is 7.23. The predicted molar refractivity (Wildman–Crippen MR) is 81.0 cm³/mol. The number of carbonyl (C=O) groups is 1. The Labute approximate surface area is 124 Å². The minimum absolute atomic E-state index is 0.159. The number of piperidine rings is 1. The molecule has 110 valence electrons. The number of likely N-dealkylation sites (N-methyl/N-ethyl adjacent to an activating group) is 1. The fourth-order valence-corrected chi connectivity index (χ4v) is 2.46. The van der Waals surface area contributed by atoms with Crippen LogP contribution < -0.4 is 5.32 Å². The maximum atomic E-state index is 11.7. The molecule has 1 amide bonds. The Morgan fingerprint density at radius 1 is 1.50 bits per heavy atom. The lowest BCUT2D eigenvalue weighted by Gasteiger charge is -2.33. The Hall–Kier alpha value is -1.33. The summed E-state index contributed by atoms with van der Waals surface area (Å²) in [6.45, 7) is 2.36. The third-order valence-corrected chi connectivity index (χ3v) is 3.87. The number of nitrogens with zero attached hydrogens (tertiary/aromatic N) is 3. The number of pyridine rings is 1. The van der Waals surface area contributed by atoms with E-state index < -0.39 is 0 Å². The van der Waals surface area contributed by atoms with Gasteiger partial charge in [-0.15, -0.1) is 0 Å². The lowest BCUT2D eigenvalue weighted by molar-refractivity contribution is -0.130. The summed E-state index contributed by atoms with van der Waals surface area (Å²) in [6, 6.07) is 4.21. The number of hydrogen-bond donors (Lipinski definition) is 1. The van der Waals surface area contributed by atoms with E-state index in [0.717, 1.165) is 31.6 Å². The van der Waals surface area contributed by atoms with Crippen molar-refractivity contribution in [2.45, 2.75) is 18.9 Å². The first kappa shape index (κ1) is 15.1. The Morgan fingerprint density at radius 3 is 2.80 bits per heavy atom. The second kappa shape index (κ2) is 6.90. The third-order valence-electron chi connectivity index (χ3n) is 3.56.